The van der Waals surface area contributed by atoms with Crippen LogP contribution in [-0.4, -0.2) is 40.2 Å². The molecule has 0 bridgehead atoms. The van der Waals surface area contributed by atoms with E-state index in [-0.39, 0.29) is 17.9 Å². The zero-order valence-electron chi connectivity index (χ0n) is 14.8. The monoisotopic (exact) mass is 331 g/mol. The first kappa shape index (κ1) is 16.7. The Kier molecular flexibility index (Phi) is 4.69. The van der Waals surface area contributed by atoms with Crippen molar-refractivity contribution in [1.29, 1.82) is 0 Å². The lowest BCUT2D eigenvalue weighted by atomic mass is 9.96. The van der Waals surface area contributed by atoms with Crippen molar-refractivity contribution in [2.45, 2.75) is 53.0 Å². The average molecular weight is 331 g/mol. The molecule has 24 heavy (non-hydrogen) atoms. The maximum Gasteiger partial charge on any atom is 0.263 e. The number of fused-ring (bicyclic) bond motifs is 1. The third kappa shape index (κ3) is 3.20. The Morgan fingerprint density at radius 2 is 2.21 bits per heavy atom. The molecule has 1 aliphatic heterocycles. The summed E-state index contributed by atoms with van der Waals surface area (Å²) in [6.45, 7) is 9.41. The lowest BCUT2D eigenvalue weighted by Gasteiger charge is -2.33. The van der Waals surface area contributed by atoms with Gasteiger partial charge < -0.3 is 14.7 Å². The number of nitrogens with zero attached hydrogens (tertiary/aromatic N) is 4. The Balaban J connectivity index is 1.92. The summed E-state index contributed by atoms with van der Waals surface area (Å²) < 4.78 is 5.37. The zero-order chi connectivity index (χ0) is 17.3. The van der Waals surface area contributed by atoms with Crippen molar-refractivity contribution in [1.82, 2.24) is 20.4 Å². The largest absolute Gasteiger partial charge is 0.355 e. The second kappa shape index (κ2) is 6.75. The predicted octanol–water partition coefficient (Wildman–Crippen LogP) is 2.23. The molecular weight excluding hydrogens is 306 g/mol. The minimum Gasteiger partial charge on any atom is -0.355 e. The molecule has 1 saturated heterocycles. The number of piperidine rings is 1. The van der Waals surface area contributed by atoms with Gasteiger partial charge in [-0.05, 0) is 40.0 Å². The van der Waals surface area contributed by atoms with Crippen LogP contribution in [0.4, 0.5) is 5.82 Å². The molecule has 1 N–H and O–H groups in total. The van der Waals surface area contributed by atoms with Gasteiger partial charge in [-0.1, -0.05) is 12.1 Å². The fourth-order valence-electron chi connectivity index (χ4n) is 3.25. The van der Waals surface area contributed by atoms with Crippen LogP contribution in [0.25, 0.3) is 11.1 Å². The third-order valence-electron chi connectivity index (χ3n) is 4.36. The molecule has 1 aliphatic rings. The number of aromatic nitrogens is 3. The van der Waals surface area contributed by atoms with Crippen LogP contribution in [0.1, 0.15) is 45.1 Å². The normalized spacial score (nSPS) is 18.4. The summed E-state index contributed by atoms with van der Waals surface area (Å²) in [4.78, 5) is 23.6. The van der Waals surface area contributed by atoms with Crippen LogP contribution < -0.4 is 10.2 Å². The molecule has 0 radical (unpaired) electrons. The van der Waals surface area contributed by atoms with Crippen molar-refractivity contribution in [2.24, 2.45) is 5.92 Å². The van der Waals surface area contributed by atoms with Crippen LogP contribution >= 0.6 is 0 Å². The molecule has 1 fully saturated rings. The van der Waals surface area contributed by atoms with Crippen LogP contribution in [-0.2, 0) is 11.2 Å². The fraction of sp³-hybridized carbons (Fsp3) is 0.647. The van der Waals surface area contributed by atoms with Crippen molar-refractivity contribution in [3.63, 3.8) is 0 Å². The lowest BCUT2D eigenvalue weighted by molar-refractivity contribution is -0.125. The van der Waals surface area contributed by atoms with E-state index in [0.29, 0.717) is 18.1 Å². The van der Waals surface area contributed by atoms with Gasteiger partial charge in [-0.3, -0.25) is 4.79 Å². The van der Waals surface area contributed by atoms with Crippen molar-refractivity contribution < 1.29 is 9.32 Å². The Morgan fingerprint density at radius 3 is 2.92 bits per heavy atom. The Bertz CT molecular complexity index is 740. The van der Waals surface area contributed by atoms with E-state index < -0.39 is 0 Å². The van der Waals surface area contributed by atoms with Gasteiger partial charge in [0.25, 0.3) is 5.71 Å². The molecule has 0 aromatic carbocycles. The van der Waals surface area contributed by atoms with Crippen LogP contribution in [0.15, 0.2) is 4.52 Å². The van der Waals surface area contributed by atoms with Crippen LogP contribution in [0.3, 0.4) is 0 Å². The van der Waals surface area contributed by atoms with E-state index in [4.69, 9.17) is 4.52 Å². The van der Waals surface area contributed by atoms with E-state index in [1.54, 1.807) is 0 Å². The van der Waals surface area contributed by atoms with Crippen molar-refractivity contribution >= 4 is 22.8 Å². The predicted molar refractivity (Wildman–Crippen MR) is 91.9 cm³/mol. The first-order valence-electron chi connectivity index (χ1n) is 8.67. The van der Waals surface area contributed by atoms with Gasteiger partial charge in [0.2, 0.25) is 5.91 Å². The van der Waals surface area contributed by atoms with E-state index in [1.165, 1.54) is 0 Å². The number of carbonyl (C=O) groups is 1. The zero-order valence-corrected chi connectivity index (χ0v) is 14.8. The summed E-state index contributed by atoms with van der Waals surface area (Å²) in [5, 5.41) is 8.02. The Morgan fingerprint density at radius 1 is 1.42 bits per heavy atom. The lowest BCUT2D eigenvalue weighted by Crippen LogP contribution is -2.45. The minimum absolute atomic E-state index is 0.0172. The van der Waals surface area contributed by atoms with Gasteiger partial charge in [-0.25, -0.2) is 4.98 Å². The molecule has 7 heteroatoms. The summed E-state index contributed by atoms with van der Waals surface area (Å²) in [5.74, 6) is 1.61. The highest BCUT2D eigenvalue weighted by molar-refractivity contribution is 5.89. The number of hydrogen-bond acceptors (Lipinski definition) is 6. The Hall–Kier alpha value is -2.18. The highest BCUT2D eigenvalue weighted by Crippen LogP contribution is 2.30. The molecule has 0 aliphatic carbocycles. The molecule has 3 heterocycles. The quantitative estimate of drug-likeness (QED) is 0.925. The van der Waals surface area contributed by atoms with Crippen LogP contribution in [0, 0.1) is 12.8 Å². The minimum atomic E-state index is -0.0172. The number of hydrogen-bond donors (Lipinski definition) is 1. The van der Waals surface area contributed by atoms with Gasteiger partial charge in [-0.15, -0.1) is 0 Å². The number of anilines is 1. The summed E-state index contributed by atoms with van der Waals surface area (Å²) in [6, 6.07) is 0.158. The van der Waals surface area contributed by atoms with Gasteiger partial charge in [-0.2, -0.15) is 4.98 Å². The second-order valence-corrected chi connectivity index (χ2v) is 6.71. The second-order valence-electron chi connectivity index (χ2n) is 6.71. The maximum absolute atomic E-state index is 12.4. The van der Waals surface area contributed by atoms with Gasteiger partial charge in [0, 0.05) is 19.1 Å². The molecule has 1 atom stereocenters. The number of nitrogens with one attached hydrogen (secondary N) is 1. The number of carbonyl (C=O) groups excluding carboxylic acids is 1. The van der Waals surface area contributed by atoms with Crippen LogP contribution in [0.2, 0.25) is 0 Å². The SMILES string of the molecule is CCc1noc2nc(C)nc(N3CCC[C@H](C(=O)NC(C)C)C3)c12. The standard InChI is InChI=1S/C17H25N5O2/c1-5-13-14-15(19-11(4)20-17(14)24-21-13)22-8-6-7-12(9-22)16(23)18-10(2)3/h10,12H,5-9H2,1-4H3,(H,18,23)/t12-/m0/s1. The first-order chi connectivity index (χ1) is 11.5. The van der Waals surface area contributed by atoms with E-state index in [0.717, 1.165) is 42.7 Å². The van der Waals surface area contributed by atoms with Gasteiger partial charge in [0.15, 0.2) is 0 Å². The van der Waals surface area contributed by atoms with Gasteiger partial charge in [0.05, 0.1) is 11.6 Å². The average Bonchev–Trinajstić information content (AvgIpc) is 2.96. The maximum atomic E-state index is 12.4. The molecule has 0 spiro atoms. The third-order valence-corrected chi connectivity index (χ3v) is 4.36. The summed E-state index contributed by atoms with van der Waals surface area (Å²) in [7, 11) is 0. The van der Waals surface area contributed by atoms with E-state index in [9.17, 15) is 4.79 Å². The molecule has 3 rings (SSSR count). The van der Waals surface area contributed by atoms with E-state index >= 15 is 0 Å². The highest BCUT2D eigenvalue weighted by Gasteiger charge is 2.29. The fourth-order valence-corrected chi connectivity index (χ4v) is 3.25. The molecule has 0 saturated carbocycles. The number of rotatable bonds is 4. The smallest absolute Gasteiger partial charge is 0.263 e. The summed E-state index contributed by atoms with van der Waals surface area (Å²) in [6.07, 6.45) is 2.64. The molecule has 2 aromatic rings. The number of amides is 1. The van der Waals surface area contributed by atoms with Gasteiger partial charge in [0.1, 0.15) is 17.0 Å². The summed E-state index contributed by atoms with van der Waals surface area (Å²) >= 11 is 0. The summed E-state index contributed by atoms with van der Waals surface area (Å²) in [5.41, 5.74) is 1.40. The number of aryl methyl sites for hydroxylation is 2. The topological polar surface area (TPSA) is 84.2 Å². The van der Waals surface area contributed by atoms with Crippen molar-refractivity contribution in [2.75, 3.05) is 18.0 Å². The molecule has 2 aromatic heterocycles. The molecular formula is C17H25N5O2. The molecule has 7 nitrogen and oxygen atoms in total. The Labute approximate surface area is 141 Å². The molecule has 1 amide bonds. The van der Waals surface area contributed by atoms with Crippen LogP contribution in [0.5, 0.6) is 0 Å². The van der Waals surface area contributed by atoms with Gasteiger partial charge >= 0.3 is 0 Å². The molecule has 0 unspecified atom stereocenters. The first-order valence-corrected chi connectivity index (χ1v) is 8.67. The van der Waals surface area contributed by atoms with E-state index in [2.05, 4.69) is 25.3 Å². The van der Waals surface area contributed by atoms with E-state index in [1.807, 2.05) is 27.7 Å². The van der Waals surface area contributed by atoms with Crippen molar-refractivity contribution in [3.05, 3.63) is 11.5 Å². The highest BCUT2D eigenvalue weighted by atomic mass is 16.5. The molecule has 130 valence electrons. The van der Waals surface area contributed by atoms with Crippen molar-refractivity contribution in [3.8, 4) is 0 Å².